The van der Waals surface area contributed by atoms with Crippen LogP contribution in [-0.4, -0.2) is 18.4 Å². The first kappa shape index (κ1) is 15.7. The Morgan fingerprint density at radius 1 is 1.19 bits per heavy atom. The van der Waals surface area contributed by atoms with E-state index in [1.807, 2.05) is 12.1 Å². The molecule has 0 radical (unpaired) electrons. The lowest BCUT2D eigenvalue weighted by Gasteiger charge is -2.11. The molecule has 21 heavy (non-hydrogen) atoms. The molecule has 0 saturated carbocycles. The van der Waals surface area contributed by atoms with Crippen LogP contribution in [0.3, 0.4) is 0 Å². The summed E-state index contributed by atoms with van der Waals surface area (Å²) in [6.07, 6.45) is 3.38. The molecule has 0 aliphatic rings. The summed E-state index contributed by atoms with van der Waals surface area (Å²) in [6.45, 7) is 4.24. The molecule has 0 spiro atoms. The lowest BCUT2D eigenvalue weighted by molar-refractivity contribution is 0.600. The lowest BCUT2D eigenvalue weighted by Crippen LogP contribution is -2.13. The highest BCUT2D eigenvalue weighted by molar-refractivity contribution is 7.92. The zero-order chi connectivity index (χ0) is 15.5. The van der Waals surface area contributed by atoms with Gasteiger partial charge >= 0.3 is 0 Å². The Morgan fingerprint density at radius 2 is 1.76 bits per heavy atom. The van der Waals surface area contributed by atoms with Crippen LogP contribution in [0.15, 0.2) is 41.6 Å². The second-order valence-electron chi connectivity index (χ2n) is 4.72. The normalized spacial score (nSPS) is 12.9. The van der Waals surface area contributed by atoms with Crippen molar-refractivity contribution in [3.8, 4) is 0 Å². The van der Waals surface area contributed by atoms with Gasteiger partial charge in [0.25, 0.3) is 10.0 Å². The fourth-order valence-electron chi connectivity index (χ4n) is 1.77. The van der Waals surface area contributed by atoms with Crippen LogP contribution < -0.4 is 4.72 Å². The van der Waals surface area contributed by atoms with Gasteiger partial charge in [-0.05, 0) is 41.6 Å². The van der Waals surface area contributed by atoms with E-state index in [4.69, 9.17) is 11.6 Å². The zero-order valence-electron chi connectivity index (χ0n) is 11.7. The highest BCUT2D eigenvalue weighted by Crippen LogP contribution is 2.22. The minimum atomic E-state index is -3.70. The number of sulfonamides is 1. The molecule has 2 rings (SSSR count). The summed E-state index contributed by atoms with van der Waals surface area (Å²) < 4.78 is 26.8. The zero-order valence-corrected chi connectivity index (χ0v) is 13.3. The minimum Gasteiger partial charge on any atom is -0.280 e. The average molecular weight is 326 g/mol. The van der Waals surface area contributed by atoms with Crippen LogP contribution in [0.2, 0.25) is 5.28 Å². The number of aromatic nitrogens is 2. The molecule has 1 aromatic carbocycles. The predicted molar refractivity (Wildman–Crippen MR) is 83.0 cm³/mol. The molecule has 1 atom stereocenters. The first-order valence-electron chi connectivity index (χ1n) is 6.52. The Hall–Kier alpha value is -1.66. The standard InChI is InChI=1S/C14H16ClN3O2S/c1-3-10(2)11-4-6-12(7-5-11)18-21(19,20)13-8-16-14(15)17-9-13/h4-10,18H,3H2,1-2H3. The van der Waals surface area contributed by atoms with Gasteiger partial charge < -0.3 is 0 Å². The third-order valence-electron chi connectivity index (χ3n) is 3.25. The monoisotopic (exact) mass is 325 g/mol. The van der Waals surface area contributed by atoms with E-state index in [2.05, 4.69) is 28.5 Å². The number of nitrogens with one attached hydrogen (secondary N) is 1. The Balaban J connectivity index is 2.19. The molecule has 5 nitrogen and oxygen atoms in total. The summed E-state index contributed by atoms with van der Waals surface area (Å²) in [6, 6.07) is 7.33. The second-order valence-corrected chi connectivity index (χ2v) is 6.75. The molecule has 112 valence electrons. The van der Waals surface area contributed by atoms with Crippen LogP contribution in [0.4, 0.5) is 5.69 Å². The third kappa shape index (κ3) is 3.92. The van der Waals surface area contributed by atoms with Gasteiger partial charge in [-0.25, -0.2) is 18.4 Å². The molecular formula is C14H16ClN3O2S. The van der Waals surface area contributed by atoms with Crippen molar-refractivity contribution in [2.75, 3.05) is 4.72 Å². The van der Waals surface area contributed by atoms with E-state index >= 15 is 0 Å². The smallest absolute Gasteiger partial charge is 0.264 e. The number of halogens is 1. The van der Waals surface area contributed by atoms with Gasteiger partial charge in [-0.1, -0.05) is 26.0 Å². The summed E-state index contributed by atoms with van der Waals surface area (Å²) in [7, 11) is -3.70. The Morgan fingerprint density at radius 3 is 2.29 bits per heavy atom. The molecule has 0 fully saturated rings. The van der Waals surface area contributed by atoms with Crippen molar-refractivity contribution in [3.05, 3.63) is 47.5 Å². The van der Waals surface area contributed by atoms with E-state index in [1.165, 1.54) is 18.0 Å². The SMILES string of the molecule is CCC(C)c1ccc(NS(=O)(=O)c2cnc(Cl)nc2)cc1. The largest absolute Gasteiger partial charge is 0.280 e. The second kappa shape index (κ2) is 6.41. The van der Waals surface area contributed by atoms with Crippen molar-refractivity contribution in [2.24, 2.45) is 0 Å². The van der Waals surface area contributed by atoms with Crippen LogP contribution in [0.1, 0.15) is 31.7 Å². The van der Waals surface area contributed by atoms with Crippen molar-refractivity contribution >= 4 is 27.3 Å². The fraction of sp³-hybridized carbons (Fsp3) is 0.286. The van der Waals surface area contributed by atoms with Crippen molar-refractivity contribution < 1.29 is 8.42 Å². The number of rotatable bonds is 5. The molecule has 7 heteroatoms. The van der Waals surface area contributed by atoms with E-state index in [-0.39, 0.29) is 10.2 Å². The molecule has 1 aromatic heterocycles. The van der Waals surface area contributed by atoms with E-state index in [0.29, 0.717) is 11.6 Å². The number of anilines is 1. The molecule has 1 N–H and O–H groups in total. The summed E-state index contributed by atoms with van der Waals surface area (Å²) in [5, 5.41) is 0.00635. The van der Waals surface area contributed by atoms with Crippen LogP contribution >= 0.6 is 11.6 Å². The van der Waals surface area contributed by atoms with Gasteiger partial charge in [0.2, 0.25) is 5.28 Å². The summed E-state index contributed by atoms with van der Waals surface area (Å²) >= 11 is 5.55. The highest BCUT2D eigenvalue weighted by Gasteiger charge is 2.15. The van der Waals surface area contributed by atoms with Gasteiger partial charge in [-0.3, -0.25) is 4.72 Å². The molecule has 0 aliphatic heterocycles. The van der Waals surface area contributed by atoms with Crippen molar-refractivity contribution in [2.45, 2.75) is 31.1 Å². The van der Waals surface area contributed by atoms with Crippen molar-refractivity contribution in [1.82, 2.24) is 9.97 Å². The number of hydrogen-bond donors (Lipinski definition) is 1. The maximum atomic E-state index is 12.2. The average Bonchev–Trinajstić information content (AvgIpc) is 2.47. The van der Waals surface area contributed by atoms with Crippen LogP contribution in [0.25, 0.3) is 0 Å². The Bertz CT molecular complexity index is 700. The highest BCUT2D eigenvalue weighted by atomic mass is 35.5. The minimum absolute atomic E-state index is 0.00635. The maximum absolute atomic E-state index is 12.2. The molecular weight excluding hydrogens is 310 g/mol. The lowest BCUT2D eigenvalue weighted by atomic mass is 9.99. The molecule has 1 unspecified atom stereocenters. The predicted octanol–water partition coefficient (Wildman–Crippen LogP) is 3.44. The quantitative estimate of drug-likeness (QED) is 0.855. The van der Waals surface area contributed by atoms with Gasteiger partial charge in [0, 0.05) is 5.69 Å². The first-order valence-corrected chi connectivity index (χ1v) is 8.39. The van der Waals surface area contributed by atoms with Crippen LogP contribution in [0, 0.1) is 0 Å². The molecule has 0 amide bonds. The topological polar surface area (TPSA) is 72.0 Å². The Kier molecular flexibility index (Phi) is 4.80. The van der Waals surface area contributed by atoms with Gasteiger partial charge in [0.15, 0.2) is 0 Å². The van der Waals surface area contributed by atoms with Crippen molar-refractivity contribution in [1.29, 1.82) is 0 Å². The van der Waals surface area contributed by atoms with Crippen LogP contribution in [0.5, 0.6) is 0 Å². The Labute approximate surface area is 129 Å². The van der Waals surface area contributed by atoms with Gasteiger partial charge in [-0.15, -0.1) is 0 Å². The molecule has 2 aromatic rings. The molecule has 1 heterocycles. The maximum Gasteiger partial charge on any atom is 0.264 e. The van der Waals surface area contributed by atoms with E-state index < -0.39 is 10.0 Å². The first-order chi connectivity index (χ1) is 9.92. The third-order valence-corrected chi connectivity index (χ3v) is 4.78. The van der Waals surface area contributed by atoms with Gasteiger partial charge in [0.1, 0.15) is 4.90 Å². The van der Waals surface area contributed by atoms with E-state index in [9.17, 15) is 8.42 Å². The van der Waals surface area contributed by atoms with Gasteiger partial charge in [-0.2, -0.15) is 0 Å². The number of hydrogen-bond acceptors (Lipinski definition) is 4. The summed E-state index contributed by atoms with van der Waals surface area (Å²) in [5.74, 6) is 0.445. The van der Waals surface area contributed by atoms with Gasteiger partial charge in [0.05, 0.1) is 12.4 Å². The molecule has 0 saturated heterocycles. The van der Waals surface area contributed by atoms with Crippen molar-refractivity contribution in [3.63, 3.8) is 0 Å². The molecule has 0 bridgehead atoms. The van der Waals surface area contributed by atoms with E-state index in [1.54, 1.807) is 12.1 Å². The van der Waals surface area contributed by atoms with Crippen LogP contribution in [-0.2, 0) is 10.0 Å². The fourth-order valence-corrected chi connectivity index (χ4v) is 2.81. The van der Waals surface area contributed by atoms with E-state index in [0.717, 1.165) is 6.42 Å². The number of nitrogens with zero attached hydrogens (tertiary/aromatic N) is 2. The number of benzene rings is 1. The molecule has 0 aliphatic carbocycles. The summed E-state index contributed by atoms with van der Waals surface area (Å²) in [5.41, 5.74) is 1.67. The summed E-state index contributed by atoms with van der Waals surface area (Å²) in [4.78, 5) is 7.31.